The second-order valence-corrected chi connectivity index (χ2v) is 22.5. The third-order valence-corrected chi connectivity index (χ3v) is 16.7. The van der Waals surface area contributed by atoms with Crippen LogP contribution in [0.15, 0.2) is 71.9 Å². The zero-order valence-corrected chi connectivity index (χ0v) is 41.9. The summed E-state index contributed by atoms with van der Waals surface area (Å²) in [6, 6.07) is 16.6. The summed E-state index contributed by atoms with van der Waals surface area (Å²) in [4.78, 5) is 41.4. The summed E-state index contributed by atoms with van der Waals surface area (Å²) >= 11 is 0. The predicted octanol–water partition coefficient (Wildman–Crippen LogP) is 9.04. The molecule has 5 aromatic rings. The van der Waals surface area contributed by atoms with Gasteiger partial charge in [0, 0.05) is 76.0 Å². The monoisotopic (exact) mass is 996 g/mol. The van der Waals surface area contributed by atoms with Crippen LogP contribution in [0.25, 0.3) is 11.0 Å². The van der Waals surface area contributed by atoms with E-state index < -0.39 is 42.9 Å². The molecule has 1 amide bonds. The zero-order valence-electron chi connectivity index (χ0n) is 41.1. The maximum absolute atomic E-state index is 15.0. The number of fused-ring (bicyclic) bond motifs is 1. The van der Waals surface area contributed by atoms with Crippen molar-refractivity contribution in [2.75, 3.05) is 56.7 Å². The number of carbonyl (C=O) groups excluding carboxylic acids is 1. The number of nitro groups is 1. The van der Waals surface area contributed by atoms with Crippen molar-refractivity contribution < 1.29 is 41.8 Å². The number of piperidine rings is 1. The Bertz CT molecular complexity index is 2870. The number of aromatic nitrogens is 3. The first kappa shape index (κ1) is 50.1. The maximum Gasteiger partial charge on any atom is 0.312 e. The standard InChI is InChI=1S/C52H65FN8O9S/c1-32(2)37-9-6-7-10-38(37)39-11-8-12-43(39)60-30-52(31-60)19-21-59(22-20-52)35-13-14-40(45(23-35)70-46-25-41-42(53)28-56-47(41)57-50(46)69-29-33(3)68-5)49(62)58-71(66,67)36-24-44(61(64)65)48(55-27-36)54-26-34-15-17-51(4,63)18-16-34/h6-7,9-10,13-14,23-25,27-28,32-34,39,43,63H,8,11-12,15-22,26,29-31H2,1-5H3,(H,54,55)(H,56,57)(H,58,62)/t33-,34-,39+,43+,51-/m1/s1. The molecule has 4 fully saturated rings. The summed E-state index contributed by atoms with van der Waals surface area (Å²) in [6.45, 7) is 12.1. The lowest BCUT2D eigenvalue weighted by atomic mass is 9.70. The maximum atomic E-state index is 15.0. The second-order valence-electron chi connectivity index (χ2n) is 20.8. The third kappa shape index (κ3) is 10.8. The van der Waals surface area contributed by atoms with Crippen LogP contribution in [0.1, 0.15) is 119 Å². The molecule has 0 bridgehead atoms. The Kier molecular flexibility index (Phi) is 14.3. The van der Waals surface area contributed by atoms with Crippen LogP contribution in [-0.4, -0.2) is 108 Å². The fraction of sp³-hybridized carbons (Fsp3) is 0.519. The quantitative estimate of drug-likeness (QED) is 0.0506. The van der Waals surface area contributed by atoms with Crippen molar-refractivity contribution in [3.05, 3.63) is 99.6 Å². The molecule has 71 heavy (non-hydrogen) atoms. The summed E-state index contributed by atoms with van der Waals surface area (Å²) in [5.41, 5.74) is 2.54. The van der Waals surface area contributed by atoms with Crippen LogP contribution >= 0.6 is 0 Å². The van der Waals surface area contributed by atoms with E-state index in [0.29, 0.717) is 50.1 Å². The van der Waals surface area contributed by atoms with Crippen LogP contribution in [0.5, 0.6) is 17.4 Å². The van der Waals surface area contributed by atoms with Crippen molar-refractivity contribution in [3.8, 4) is 17.4 Å². The van der Waals surface area contributed by atoms with Crippen molar-refractivity contribution in [3.63, 3.8) is 0 Å². The van der Waals surface area contributed by atoms with E-state index in [1.165, 1.54) is 49.6 Å². The molecular weight excluding hydrogens is 932 g/mol. The molecule has 380 valence electrons. The number of amides is 1. The van der Waals surface area contributed by atoms with E-state index in [9.17, 15) is 28.4 Å². The van der Waals surface area contributed by atoms with Gasteiger partial charge in [0.05, 0.1) is 33.8 Å². The van der Waals surface area contributed by atoms with Gasteiger partial charge in [-0.25, -0.2) is 22.5 Å². The molecule has 9 rings (SSSR count). The number of hydrogen-bond acceptors (Lipinski definition) is 14. The lowest BCUT2D eigenvalue weighted by Crippen LogP contribution is -2.63. The van der Waals surface area contributed by atoms with E-state index >= 15 is 4.39 Å². The van der Waals surface area contributed by atoms with Crippen molar-refractivity contribution in [2.24, 2.45) is 11.3 Å². The molecule has 0 unspecified atom stereocenters. The molecule has 3 atom stereocenters. The number of nitrogens with zero attached hydrogens (tertiary/aromatic N) is 5. The first-order chi connectivity index (χ1) is 33.9. The van der Waals surface area contributed by atoms with Crippen LogP contribution in [0.2, 0.25) is 0 Å². The van der Waals surface area contributed by atoms with Crippen molar-refractivity contribution >= 4 is 44.2 Å². The van der Waals surface area contributed by atoms with Gasteiger partial charge >= 0.3 is 5.69 Å². The van der Waals surface area contributed by atoms with Crippen LogP contribution in [0.3, 0.4) is 0 Å². The highest BCUT2D eigenvalue weighted by atomic mass is 32.2. The smallest absolute Gasteiger partial charge is 0.312 e. The van der Waals surface area contributed by atoms with E-state index in [-0.39, 0.29) is 63.8 Å². The number of pyridine rings is 2. The topological polar surface area (TPSA) is 214 Å². The minimum Gasteiger partial charge on any atom is -0.472 e. The Morgan fingerprint density at radius 3 is 2.49 bits per heavy atom. The van der Waals surface area contributed by atoms with Crippen molar-refractivity contribution in [1.29, 1.82) is 0 Å². The predicted molar refractivity (Wildman–Crippen MR) is 268 cm³/mol. The molecule has 1 spiro atoms. The van der Waals surface area contributed by atoms with Gasteiger partial charge in [-0.3, -0.25) is 19.8 Å². The van der Waals surface area contributed by atoms with Gasteiger partial charge in [0.15, 0.2) is 5.75 Å². The van der Waals surface area contributed by atoms with Gasteiger partial charge in [-0.2, -0.15) is 4.98 Å². The van der Waals surface area contributed by atoms with E-state index in [4.69, 9.17) is 14.2 Å². The number of ether oxygens (including phenoxy) is 3. The number of aliphatic hydroxyl groups is 1. The molecule has 2 saturated carbocycles. The number of hydrogen-bond donors (Lipinski definition) is 4. The second kappa shape index (κ2) is 20.3. The number of anilines is 2. The van der Waals surface area contributed by atoms with Crippen LogP contribution in [0, 0.1) is 27.3 Å². The molecule has 2 aromatic carbocycles. The fourth-order valence-electron chi connectivity index (χ4n) is 11.1. The van der Waals surface area contributed by atoms with Gasteiger partial charge in [0.25, 0.3) is 21.8 Å². The molecule has 4 aliphatic rings. The summed E-state index contributed by atoms with van der Waals surface area (Å²) in [5, 5.41) is 25.6. The van der Waals surface area contributed by atoms with E-state index in [0.717, 1.165) is 63.2 Å². The normalized spacial score (nSPS) is 22.9. The van der Waals surface area contributed by atoms with E-state index in [1.54, 1.807) is 26.0 Å². The van der Waals surface area contributed by atoms with E-state index in [2.05, 4.69) is 72.9 Å². The molecule has 2 aliphatic heterocycles. The Labute approximate surface area is 414 Å². The number of nitrogens with one attached hydrogen (secondary N) is 3. The molecule has 0 radical (unpaired) electrons. The number of rotatable bonds is 17. The SMILES string of the molecule is CO[C@H](C)COc1nc2[nH]cc(F)c2cc1Oc1cc(N2CCC3(CC2)CN([C@H]2CCC[C@H]2c2ccccc2C(C)C)C3)ccc1C(=O)NS(=O)(=O)c1cnc(NC[C@H]2CC[C@](C)(O)CC2)c([N+](=O)[O-])c1. The summed E-state index contributed by atoms with van der Waals surface area (Å²) in [7, 11) is -3.22. The van der Waals surface area contributed by atoms with Gasteiger partial charge in [-0.05, 0) is 112 Å². The van der Waals surface area contributed by atoms with Gasteiger partial charge in [-0.1, -0.05) is 44.5 Å². The molecule has 19 heteroatoms. The number of carbonyl (C=O) groups is 1. The lowest BCUT2D eigenvalue weighted by Gasteiger charge is -2.57. The van der Waals surface area contributed by atoms with Gasteiger partial charge in [-0.15, -0.1) is 0 Å². The minimum absolute atomic E-state index is 0.0262. The Morgan fingerprint density at radius 1 is 1.03 bits per heavy atom. The highest BCUT2D eigenvalue weighted by Gasteiger charge is 2.49. The Balaban J connectivity index is 0.951. The number of benzene rings is 2. The average Bonchev–Trinajstić information content (AvgIpc) is 3.97. The molecule has 2 aliphatic carbocycles. The third-order valence-electron chi connectivity index (χ3n) is 15.4. The minimum atomic E-state index is -4.75. The average molecular weight is 997 g/mol. The van der Waals surface area contributed by atoms with Crippen LogP contribution in [-0.2, 0) is 14.8 Å². The largest absolute Gasteiger partial charge is 0.472 e. The van der Waals surface area contributed by atoms with Crippen molar-refractivity contribution in [2.45, 2.75) is 120 Å². The highest BCUT2D eigenvalue weighted by Crippen LogP contribution is 2.49. The molecule has 4 N–H and O–H groups in total. The number of halogens is 1. The fourth-order valence-corrected chi connectivity index (χ4v) is 12.0. The molecule has 2 saturated heterocycles. The first-order valence-corrected chi connectivity index (χ1v) is 26.3. The molecule has 17 nitrogen and oxygen atoms in total. The number of methoxy groups -OCH3 is 1. The Hall–Kier alpha value is -5.89. The summed E-state index contributed by atoms with van der Waals surface area (Å²) in [6.07, 6.45) is 9.92. The zero-order chi connectivity index (χ0) is 50.2. The van der Waals surface area contributed by atoms with E-state index in [1.807, 2.05) is 0 Å². The van der Waals surface area contributed by atoms with Gasteiger partial charge in [0.1, 0.15) is 28.7 Å². The van der Waals surface area contributed by atoms with Gasteiger partial charge < -0.3 is 34.5 Å². The van der Waals surface area contributed by atoms with Crippen molar-refractivity contribution in [1.82, 2.24) is 24.6 Å². The summed E-state index contributed by atoms with van der Waals surface area (Å²) < 4.78 is 62.7. The van der Waals surface area contributed by atoms with Gasteiger partial charge in [0.2, 0.25) is 5.82 Å². The van der Waals surface area contributed by atoms with Crippen LogP contribution in [0.4, 0.5) is 21.6 Å². The first-order valence-electron chi connectivity index (χ1n) is 24.8. The number of likely N-dealkylation sites (tertiary alicyclic amines) is 1. The Morgan fingerprint density at radius 2 is 1.77 bits per heavy atom. The van der Waals surface area contributed by atoms with Crippen LogP contribution < -0.4 is 24.4 Å². The lowest BCUT2D eigenvalue weighted by molar-refractivity contribution is -0.384. The number of aromatic amines is 1. The molecule has 3 aromatic heterocycles. The number of sulfonamides is 1. The summed E-state index contributed by atoms with van der Waals surface area (Å²) in [5.74, 6) is -0.793. The highest BCUT2D eigenvalue weighted by molar-refractivity contribution is 7.90. The molecular formula is C52H65FN8O9S. The molecule has 5 heterocycles. The number of H-pyrrole nitrogens is 1.